The minimum Gasteiger partial charge on any atom is -0.478 e. The highest BCUT2D eigenvalue weighted by Crippen LogP contribution is 2.28. The summed E-state index contributed by atoms with van der Waals surface area (Å²) in [5, 5.41) is 9.88. The molecule has 0 aliphatic carbocycles. The van der Waals surface area contributed by atoms with E-state index in [2.05, 4.69) is 4.98 Å². The SMILES string of the molecule is CCN1CCc2c([nH]c3ccc(C(=O)O)cc23)C1=O. The highest BCUT2D eigenvalue weighted by Gasteiger charge is 2.27. The molecular formula is C14H14N2O3. The molecule has 0 spiro atoms. The van der Waals surface area contributed by atoms with Crippen molar-refractivity contribution in [3.63, 3.8) is 0 Å². The first-order chi connectivity index (χ1) is 9.11. The Bertz CT molecular complexity index is 687. The summed E-state index contributed by atoms with van der Waals surface area (Å²) in [5.41, 5.74) is 2.61. The number of hydrogen-bond donors (Lipinski definition) is 2. The van der Waals surface area contributed by atoms with Crippen molar-refractivity contribution in [3.05, 3.63) is 35.0 Å². The number of rotatable bonds is 2. The first kappa shape index (κ1) is 11.8. The number of fused-ring (bicyclic) bond motifs is 3. The van der Waals surface area contributed by atoms with E-state index in [0.717, 1.165) is 22.9 Å². The number of H-pyrrole nitrogens is 1. The summed E-state index contributed by atoms with van der Waals surface area (Å²) in [5.74, 6) is -0.953. The topological polar surface area (TPSA) is 73.4 Å². The number of carbonyl (C=O) groups is 2. The molecule has 5 heteroatoms. The number of hydrogen-bond acceptors (Lipinski definition) is 2. The molecule has 1 aromatic heterocycles. The Morgan fingerprint density at radius 1 is 1.47 bits per heavy atom. The van der Waals surface area contributed by atoms with Crippen molar-refractivity contribution >= 4 is 22.8 Å². The van der Waals surface area contributed by atoms with Crippen LogP contribution in [0.5, 0.6) is 0 Å². The number of carboxylic acids is 1. The van der Waals surface area contributed by atoms with Gasteiger partial charge >= 0.3 is 5.97 Å². The number of carbonyl (C=O) groups excluding carboxylic acids is 1. The number of nitrogens with zero attached hydrogens (tertiary/aromatic N) is 1. The Hall–Kier alpha value is -2.30. The highest BCUT2D eigenvalue weighted by molar-refractivity contribution is 6.03. The van der Waals surface area contributed by atoms with Gasteiger partial charge in [-0.1, -0.05) is 0 Å². The number of aromatic nitrogens is 1. The van der Waals surface area contributed by atoms with Crippen molar-refractivity contribution < 1.29 is 14.7 Å². The molecule has 0 saturated heterocycles. The quantitative estimate of drug-likeness (QED) is 0.863. The van der Waals surface area contributed by atoms with Gasteiger partial charge in [-0.25, -0.2) is 4.79 Å². The average molecular weight is 258 g/mol. The lowest BCUT2D eigenvalue weighted by Gasteiger charge is -2.25. The number of carboxylic acid groups (broad SMARTS) is 1. The van der Waals surface area contributed by atoms with Gasteiger partial charge in [-0.15, -0.1) is 0 Å². The van der Waals surface area contributed by atoms with E-state index in [0.29, 0.717) is 18.8 Å². The molecule has 98 valence electrons. The highest BCUT2D eigenvalue weighted by atomic mass is 16.4. The maximum absolute atomic E-state index is 12.2. The van der Waals surface area contributed by atoms with Crippen LogP contribution in [-0.2, 0) is 6.42 Å². The minimum atomic E-state index is -0.950. The van der Waals surface area contributed by atoms with E-state index in [9.17, 15) is 9.59 Å². The average Bonchev–Trinajstić information content (AvgIpc) is 2.78. The van der Waals surface area contributed by atoms with E-state index < -0.39 is 5.97 Å². The van der Waals surface area contributed by atoms with Gasteiger partial charge in [0.15, 0.2) is 0 Å². The van der Waals surface area contributed by atoms with Crippen LogP contribution in [0.3, 0.4) is 0 Å². The number of nitrogens with one attached hydrogen (secondary N) is 1. The van der Waals surface area contributed by atoms with Gasteiger partial charge < -0.3 is 15.0 Å². The van der Waals surface area contributed by atoms with E-state index in [1.54, 1.807) is 23.1 Å². The summed E-state index contributed by atoms with van der Waals surface area (Å²) >= 11 is 0. The number of likely N-dealkylation sites (N-methyl/N-ethyl adjacent to an activating group) is 1. The molecule has 2 N–H and O–H groups in total. The third-order valence-electron chi connectivity index (χ3n) is 3.67. The molecule has 19 heavy (non-hydrogen) atoms. The zero-order valence-corrected chi connectivity index (χ0v) is 10.6. The maximum atomic E-state index is 12.2. The fraction of sp³-hybridized carbons (Fsp3) is 0.286. The van der Waals surface area contributed by atoms with E-state index in [4.69, 9.17) is 5.11 Å². The summed E-state index contributed by atoms with van der Waals surface area (Å²) in [6, 6.07) is 4.91. The van der Waals surface area contributed by atoms with E-state index in [1.807, 2.05) is 6.92 Å². The van der Waals surface area contributed by atoms with E-state index in [-0.39, 0.29) is 11.5 Å². The number of aromatic carboxylic acids is 1. The van der Waals surface area contributed by atoms with Crippen molar-refractivity contribution in [1.29, 1.82) is 0 Å². The molecule has 1 amide bonds. The van der Waals surface area contributed by atoms with Crippen molar-refractivity contribution in [3.8, 4) is 0 Å². The van der Waals surface area contributed by atoms with Crippen molar-refractivity contribution in [2.75, 3.05) is 13.1 Å². The molecule has 0 saturated carbocycles. The molecule has 3 rings (SSSR count). The van der Waals surface area contributed by atoms with Gasteiger partial charge in [0.1, 0.15) is 5.69 Å². The zero-order valence-electron chi connectivity index (χ0n) is 10.6. The zero-order chi connectivity index (χ0) is 13.6. The largest absolute Gasteiger partial charge is 0.478 e. The molecule has 0 fully saturated rings. The standard InChI is InChI=1S/C14H14N2O3/c1-2-16-6-5-9-10-7-8(14(18)19)3-4-11(10)15-12(9)13(16)17/h3-4,7,15H,2,5-6H2,1H3,(H,18,19). The third kappa shape index (κ3) is 1.69. The molecule has 0 unspecified atom stereocenters. The summed E-state index contributed by atoms with van der Waals surface area (Å²) < 4.78 is 0. The second-order valence-electron chi connectivity index (χ2n) is 4.68. The fourth-order valence-electron chi connectivity index (χ4n) is 2.63. The second-order valence-corrected chi connectivity index (χ2v) is 4.68. The molecule has 0 bridgehead atoms. The predicted molar refractivity (Wildman–Crippen MR) is 70.5 cm³/mol. The maximum Gasteiger partial charge on any atom is 0.335 e. The Labute approximate surface area is 109 Å². The van der Waals surface area contributed by atoms with Gasteiger partial charge in [0.2, 0.25) is 0 Å². The fourth-order valence-corrected chi connectivity index (χ4v) is 2.63. The van der Waals surface area contributed by atoms with Crippen molar-refractivity contribution in [2.45, 2.75) is 13.3 Å². The van der Waals surface area contributed by atoms with Crippen LogP contribution in [0, 0.1) is 0 Å². The van der Waals surface area contributed by atoms with Gasteiger partial charge in [0.05, 0.1) is 5.56 Å². The molecule has 5 nitrogen and oxygen atoms in total. The lowest BCUT2D eigenvalue weighted by molar-refractivity contribution is 0.0695. The van der Waals surface area contributed by atoms with Crippen molar-refractivity contribution in [2.24, 2.45) is 0 Å². The lowest BCUT2D eigenvalue weighted by atomic mass is 10.0. The molecule has 0 radical (unpaired) electrons. The van der Waals surface area contributed by atoms with Gasteiger partial charge in [-0.3, -0.25) is 4.79 Å². The molecule has 0 atom stereocenters. The minimum absolute atomic E-state index is 0.00294. The van der Waals surface area contributed by atoms with Crippen LogP contribution >= 0.6 is 0 Å². The Balaban J connectivity index is 2.19. The van der Waals surface area contributed by atoms with Crippen LogP contribution in [0.2, 0.25) is 0 Å². The second kappa shape index (κ2) is 4.12. The molecule has 2 aromatic rings. The van der Waals surface area contributed by atoms with Crippen LogP contribution in [-0.4, -0.2) is 40.0 Å². The Morgan fingerprint density at radius 3 is 2.95 bits per heavy atom. The number of benzene rings is 1. The summed E-state index contributed by atoms with van der Waals surface area (Å²) in [6.45, 7) is 3.33. The van der Waals surface area contributed by atoms with Crippen LogP contribution in [0.1, 0.15) is 33.3 Å². The van der Waals surface area contributed by atoms with Crippen molar-refractivity contribution in [1.82, 2.24) is 9.88 Å². The first-order valence-corrected chi connectivity index (χ1v) is 6.29. The van der Waals surface area contributed by atoms with Gasteiger partial charge in [0.25, 0.3) is 5.91 Å². The molecule has 1 aliphatic rings. The molecule has 2 heterocycles. The predicted octanol–water partition coefficient (Wildman–Crippen LogP) is 1.88. The third-order valence-corrected chi connectivity index (χ3v) is 3.67. The normalized spacial score (nSPS) is 14.8. The smallest absolute Gasteiger partial charge is 0.335 e. The monoisotopic (exact) mass is 258 g/mol. The van der Waals surface area contributed by atoms with Gasteiger partial charge in [-0.2, -0.15) is 0 Å². The number of amides is 1. The van der Waals surface area contributed by atoms with Crippen LogP contribution in [0.25, 0.3) is 10.9 Å². The first-order valence-electron chi connectivity index (χ1n) is 6.29. The molecule has 1 aliphatic heterocycles. The Kier molecular flexibility index (Phi) is 2.55. The van der Waals surface area contributed by atoms with Crippen LogP contribution in [0.4, 0.5) is 0 Å². The molecular weight excluding hydrogens is 244 g/mol. The van der Waals surface area contributed by atoms with Crippen LogP contribution < -0.4 is 0 Å². The van der Waals surface area contributed by atoms with Gasteiger partial charge in [-0.05, 0) is 37.1 Å². The summed E-state index contributed by atoms with van der Waals surface area (Å²) in [4.78, 5) is 28.1. The van der Waals surface area contributed by atoms with E-state index >= 15 is 0 Å². The summed E-state index contributed by atoms with van der Waals surface area (Å²) in [6.07, 6.45) is 0.762. The van der Waals surface area contributed by atoms with Crippen LogP contribution in [0.15, 0.2) is 18.2 Å². The van der Waals surface area contributed by atoms with E-state index in [1.165, 1.54) is 0 Å². The number of aromatic amines is 1. The Morgan fingerprint density at radius 2 is 2.26 bits per heavy atom. The summed E-state index contributed by atoms with van der Waals surface area (Å²) in [7, 11) is 0. The lowest BCUT2D eigenvalue weighted by Crippen LogP contribution is -2.37. The van der Waals surface area contributed by atoms with Gasteiger partial charge in [0, 0.05) is 24.0 Å². The molecule has 1 aromatic carbocycles.